The summed E-state index contributed by atoms with van der Waals surface area (Å²) in [5.41, 5.74) is 1.22. The average molecular weight is 317 g/mol. The number of hydrogen-bond donors (Lipinski definition) is 1. The molecule has 2 nitrogen and oxygen atoms in total. The van der Waals surface area contributed by atoms with Gasteiger partial charge in [0.15, 0.2) is 0 Å². The number of ether oxygens (including phenoxy) is 1. The molecule has 1 heterocycles. The van der Waals surface area contributed by atoms with E-state index in [2.05, 4.69) is 52.2 Å². The third-order valence-electron chi connectivity index (χ3n) is 2.67. The molecule has 1 aromatic rings. The van der Waals surface area contributed by atoms with Crippen LogP contribution in [-0.2, 0) is 4.74 Å². The summed E-state index contributed by atoms with van der Waals surface area (Å²) in [7, 11) is 0. The molecule has 0 bridgehead atoms. The van der Waals surface area contributed by atoms with Gasteiger partial charge in [0, 0.05) is 28.5 Å². The van der Waals surface area contributed by atoms with E-state index in [1.165, 1.54) is 22.1 Å². The SMILES string of the molecule is Ic1ccc(NC2CCCOCC2)cc1. The Bertz CT molecular complexity index is 291. The second-order valence-electron chi connectivity index (χ2n) is 3.89. The molecule has 0 amide bonds. The van der Waals surface area contributed by atoms with Gasteiger partial charge in [-0.15, -0.1) is 0 Å². The number of benzene rings is 1. The van der Waals surface area contributed by atoms with Crippen LogP contribution in [0.25, 0.3) is 0 Å². The van der Waals surface area contributed by atoms with Crippen LogP contribution in [0.15, 0.2) is 24.3 Å². The van der Waals surface area contributed by atoms with Gasteiger partial charge in [0.2, 0.25) is 0 Å². The minimum Gasteiger partial charge on any atom is -0.382 e. The molecule has 0 spiro atoms. The average Bonchev–Trinajstić information content (AvgIpc) is 2.50. The summed E-state index contributed by atoms with van der Waals surface area (Å²) < 4.78 is 6.72. The monoisotopic (exact) mass is 317 g/mol. The molecule has 1 aliphatic heterocycles. The van der Waals surface area contributed by atoms with E-state index in [4.69, 9.17) is 4.74 Å². The van der Waals surface area contributed by atoms with E-state index in [0.717, 1.165) is 19.6 Å². The van der Waals surface area contributed by atoms with E-state index >= 15 is 0 Å². The molecule has 1 atom stereocenters. The Hall–Kier alpha value is -0.290. The quantitative estimate of drug-likeness (QED) is 0.845. The van der Waals surface area contributed by atoms with Gasteiger partial charge in [-0.05, 0) is 66.1 Å². The van der Waals surface area contributed by atoms with Crippen LogP contribution in [0.5, 0.6) is 0 Å². The predicted octanol–water partition coefficient (Wildman–Crippen LogP) is 3.27. The Morgan fingerprint density at radius 2 is 1.93 bits per heavy atom. The molecule has 1 N–H and O–H groups in total. The summed E-state index contributed by atoms with van der Waals surface area (Å²) in [5, 5.41) is 3.56. The summed E-state index contributed by atoms with van der Waals surface area (Å²) in [6, 6.07) is 9.14. The van der Waals surface area contributed by atoms with Crippen molar-refractivity contribution < 1.29 is 4.74 Å². The van der Waals surface area contributed by atoms with Crippen LogP contribution in [0.3, 0.4) is 0 Å². The van der Waals surface area contributed by atoms with Gasteiger partial charge in [-0.25, -0.2) is 0 Å². The minimum atomic E-state index is 0.576. The lowest BCUT2D eigenvalue weighted by atomic mass is 10.1. The van der Waals surface area contributed by atoms with Gasteiger partial charge < -0.3 is 10.1 Å². The Morgan fingerprint density at radius 3 is 2.73 bits per heavy atom. The van der Waals surface area contributed by atoms with Gasteiger partial charge in [0.05, 0.1) is 0 Å². The molecular weight excluding hydrogens is 301 g/mol. The third kappa shape index (κ3) is 3.65. The molecule has 0 aliphatic carbocycles. The number of halogens is 1. The van der Waals surface area contributed by atoms with Gasteiger partial charge in [-0.1, -0.05) is 0 Å². The zero-order valence-corrected chi connectivity index (χ0v) is 10.9. The molecule has 1 aliphatic rings. The van der Waals surface area contributed by atoms with Crippen molar-refractivity contribution >= 4 is 28.3 Å². The Balaban J connectivity index is 1.92. The van der Waals surface area contributed by atoms with Crippen LogP contribution >= 0.6 is 22.6 Å². The van der Waals surface area contributed by atoms with E-state index in [1.807, 2.05) is 0 Å². The molecule has 1 fully saturated rings. The largest absolute Gasteiger partial charge is 0.382 e. The van der Waals surface area contributed by atoms with Gasteiger partial charge in [0.1, 0.15) is 0 Å². The van der Waals surface area contributed by atoms with E-state index < -0.39 is 0 Å². The van der Waals surface area contributed by atoms with Crippen molar-refractivity contribution in [2.24, 2.45) is 0 Å². The van der Waals surface area contributed by atoms with E-state index in [9.17, 15) is 0 Å². The smallest absolute Gasteiger partial charge is 0.0485 e. The highest BCUT2D eigenvalue weighted by molar-refractivity contribution is 14.1. The van der Waals surface area contributed by atoms with E-state index in [-0.39, 0.29) is 0 Å². The molecule has 0 radical (unpaired) electrons. The molecule has 3 heteroatoms. The molecule has 2 rings (SSSR count). The maximum absolute atomic E-state index is 5.44. The Labute approximate surface area is 105 Å². The van der Waals surface area contributed by atoms with Gasteiger partial charge in [-0.2, -0.15) is 0 Å². The number of rotatable bonds is 2. The first kappa shape index (κ1) is 11.2. The third-order valence-corrected chi connectivity index (χ3v) is 3.39. The summed E-state index contributed by atoms with van der Waals surface area (Å²) in [6.07, 6.45) is 3.50. The van der Waals surface area contributed by atoms with E-state index in [1.54, 1.807) is 0 Å². The van der Waals surface area contributed by atoms with Gasteiger partial charge in [-0.3, -0.25) is 0 Å². The molecule has 1 unspecified atom stereocenters. The summed E-state index contributed by atoms with van der Waals surface area (Å²) in [6.45, 7) is 1.81. The van der Waals surface area contributed by atoms with Crippen molar-refractivity contribution in [3.63, 3.8) is 0 Å². The molecular formula is C12H16INO. The summed E-state index contributed by atoms with van der Waals surface area (Å²) >= 11 is 2.33. The van der Waals surface area contributed by atoms with Crippen molar-refractivity contribution in [1.82, 2.24) is 0 Å². The standard InChI is InChI=1S/C12H16INO/c13-10-3-5-12(6-4-10)14-11-2-1-8-15-9-7-11/h3-6,11,14H,1-2,7-9H2. The molecule has 1 saturated heterocycles. The van der Waals surface area contributed by atoms with Crippen molar-refractivity contribution in [2.45, 2.75) is 25.3 Å². The Morgan fingerprint density at radius 1 is 1.13 bits per heavy atom. The second-order valence-corrected chi connectivity index (χ2v) is 5.14. The van der Waals surface area contributed by atoms with Crippen molar-refractivity contribution in [3.8, 4) is 0 Å². The van der Waals surface area contributed by atoms with Crippen molar-refractivity contribution in [2.75, 3.05) is 18.5 Å². The number of hydrogen-bond acceptors (Lipinski definition) is 2. The lowest BCUT2D eigenvalue weighted by molar-refractivity contribution is 0.144. The van der Waals surface area contributed by atoms with Crippen LogP contribution in [0.1, 0.15) is 19.3 Å². The Kier molecular flexibility index (Phi) is 4.26. The number of nitrogens with one attached hydrogen (secondary N) is 1. The summed E-state index contributed by atoms with van der Waals surface area (Å²) in [5.74, 6) is 0. The zero-order valence-electron chi connectivity index (χ0n) is 8.71. The lowest BCUT2D eigenvalue weighted by Gasteiger charge is -2.16. The van der Waals surface area contributed by atoms with Crippen LogP contribution in [-0.4, -0.2) is 19.3 Å². The molecule has 15 heavy (non-hydrogen) atoms. The number of anilines is 1. The van der Waals surface area contributed by atoms with Crippen LogP contribution in [0.2, 0.25) is 0 Å². The van der Waals surface area contributed by atoms with E-state index in [0.29, 0.717) is 6.04 Å². The van der Waals surface area contributed by atoms with Gasteiger partial charge >= 0.3 is 0 Å². The molecule has 1 aromatic carbocycles. The topological polar surface area (TPSA) is 21.3 Å². The van der Waals surface area contributed by atoms with Crippen LogP contribution in [0, 0.1) is 3.57 Å². The predicted molar refractivity (Wildman–Crippen MR) is 71.2 cm³/mol. The highest BCUT2D eigenvalue weighted by Gasteiger charge is 2.11. The first-order chi connectivity index (χ1) is 7.34. The molecule has 82 valence electrons. The molecule has 0 saturated carbocycles. The highest BCUT2D eigenvalue weighted by atomic mass is 127. The minimum absolute atomic E-state index is 0.576. The van der Waals surface area contributed by atoms with Crippen molar-refractivity contribution in [3.05, 3.63) is 27.8 Å². The molecule has 0 aromatic heterocycles. The lowest BCUT2D eigenvalue weighted by Crippen LogP contribution is -2.19. The fourth-order valence-corrected chi connectivity index (χ4v) is 2.19. The highest BCUT2D eigenvalue weighted by Crippen LogP contribution is 2.16. The summed E-state index contributed by atoms with van der Waals surface area (Å²) in [4.78, 5) is 0. The fourth-order valence-electron chi connectivity index (χ4n) is 1.83. The maximum Gasteiger partial charge on any atom is 0.0485 e. The zero-order chi connectivity index (χ0) is 10.5. The fraction of sp³-hybridized carbons (Fsp3) is 0.500. The van der Waals surface area contributed by atoms with Crippen LogP contribution < -0.4 is 5.32 Å². The maximum atomic E-state index is 5.44. The van der Waals surface area contributed by atoms with Gasteiger partial charge in [0.25, 0.3) is 0 Å². The van der Waals surface area contributed by atoms with Crippen molar-refractivity contribution in [1.29, 1.82) is 0 Å². The van der Waals surface area contributed by atoms with Crippen LogP contribution in [0.4, 0.5) is 5.69 Å². The first-order valence-electron chi connectivity index (χ1n) is 5.44. The first-order valence-corrected chi connectivity index (χ1v) is 6.52. The second kappa shape index (κ2) is 5.70. The normalized spacial score (nSPS) is 22.1.